The molecule has 2 aliphatic rings. The van der Waals surface area contributed by atoms with Gasteiger partial charge in [-0.25, -0.2) is 0 Å². The molecule has 3 rings (SSSR count). The molecule has 0 radical (unpaired) electrons. The van der Waals surface area contributed by atoms with Gasteiger partial charge in [-0.05, 0) is 37.1 Å². The van der Waals surface area contributed by atoms with Crippen LogP contribution in [0.1, 0.15) is 37.0 Å². The van der Waals surface area contributed by atoms with Gasteiger partial charge in [0.2, 0.25) is 11.8 Å². The molecule has 2 atom stereocenters. The molecule has 2 fully saturated rings. The lowest BCUT2D eigenvalue weighted by Crippen LogP contribution is -2.56. The Morgan fingerprint density at radius 3 is 2.90 bits per heavy atom. The lowest BCUT2D eigenvalue weighted by atomic mass is 9.92. The van der Waals surface area contributed by atoms with Crippen LogP contribution < -0.4 is 0 Å². The van der Waals surface area contributed by atoms with Gasteiger partial charge < -0.3 is 9.80 Å². The van der Waals surface area contributed by atoms with Crippen molar-refractivity contribution in [1.82, 2.24) is 9.80 Å². The van der Waals surface area contributed by atoms with Gasteiger partial charge in [-0.15, -0.1) is 11.3 Å². The van der Waals surface area contributed by atoms with E-state index in [1.165, 1.54) is 0 Å². The maximum Gasteiger partial charge on any atom is 0.228 e. The number of nitrogens with zero attached hydrogens (tertiary/aromatic N) is 2. The number of piperidine rings is 1. The summed E-state index contributed by atoms with van der Waals surface area (Å²) in [4.78, 5) is 29.7. The summed E-state index contributed by atoms with van der Waals surface area (Å²) in [5.74, 6) is 0.449. The summed E-state index contributed by atoms with van der Waals surface area (Å²) in [6, 6.07) is 4.43. The Kier molecular flexibility index (Phi) is 4.29. The molecule has 0 unspecified atom stereocenters. The van der Waals surface area contributed by atoms with Gasteiger partial charge in [0.1, 0.15) is 0 Å². The van der Waals surface area contributed by atoms with Crippen LogP contribution in [0.3, 0.4) is 0 Å². The third kappa shape index (κ3) is 2.98. The summed E-state index contributed by atoms with van der Waals surface area (Å²) >= 11 is 1.64. The van der Waals surface area contributed by atoms with Crippen molar-refractivity contribution < 1.29 is 9.59 Å². The predicted molar refractivity (Wildman–Crippen MR) is 83.2 cm³/mol. The van der Waals surface area contributed by atoms with Crippen molar-refractivity contribution in [2.75, 3.05) is 13.6 Å². The van der Waals surface area contributed by atoms with Gasteiger partial charge in [0.15, 0.2) is 0 Å². The summed E-state index contributed by atoms with van der Waals surface area (Å²) in [5, 5.41) is 2.01. The summed E-state index contributed by atoms with van der Waals surface area (Å²) in [7, 11) is 1.90. The molecule has 4 nitrogen and oxygen atoms in total. The van der Waals surface area contributed by atoms with Crippen LogP contribution in [0.2, 0.25) is 0 Å². The third-order valence-corrected chi connectivity index (χ3v) is 5.63. The number of likely N-dealkylation sites (N-methyl/N-ethyl adjacent to an activating group) is 1. The molecule has 0 N–H and O–H groups in total. The van der Waals surface area contributed by atoms with Crippen LogP contribution in [-0.4, -0.2) is 47.3 Å². The quantitative estimate of drug-likeness (QED) is 0.841. The summed E-state index contributed by atoms with van der Waals surface area (Å²) < 4.78 is 0. The van der Waals surface area contributed by atoms with Crippen LogP contribution in [0, 0.1) is 0 Å². The first-order valence-electron chi connectivity index (χ1n) is 7.74. The van der Waals surface area contributed by atoms with Gasteiger partial charge in [0.05, 0.1) is 18.5 Å². The van der Waals surface area contributed by atoms with Crippen molar-refractivity contribution in [1.29, 1.82) is 0 Å². The zero-order chi connectivity index (χ0) is 14.8. The topological polar surface area (TPSA) is 40.6 Å². The number of hydrogen-bond acceptors (Lipinski definition) is 3. The van der Waals surface area contributed by atoms with E-state index in [9.17, 15) is 9.59 Å². The van der Waals surface area contributed by atoms with Gasteiger partial charge in [-0.3, -0.25) is 9.59 Å². The number of likely N-dealkylation sites (tertiary alicyclic amines) is 2. The molecular weight excluding hydrogens is 284 g/mol. The lowest BCUT2D eigenvalue weighted by Gasteiger charge is -2.43. The van der Waals surface area contributed by atoms with E-state index in [4.69, 9.17) is 0 Å². The number of amides is 2. The second kappa shape index (κ2) is 6.18. The first kappa shape index (κ1) is 14.6. The maximum atomic E-state index is 12.6. The van der Waals surface area contributed by atoms with Crippen molar-refractivity contribution >= 4 is 23.2 Å². The van der Waals surface area contributed by atoms with E-state index in [2.05, 4.69) is 0 Å². The molecule has 2 aliphatic heterocycles. The van der Waals surface area contributed by atoms with Crippen LogP contribution >= 0.6 is 11.3 Å². The van der Waals surface area contributed by atoms with E-state index < -0.39 is 0 Å². The molecule has 2 saturated heterocycles. The van der Waals surface area contributed by atoms with Crippen LogP contribution in [-0.2, 0) is 16.0 Å². The molecule has 1 aromatic rings. The van der Waals surface area contributed by atoms with E-state index >= 15 is 0 Å². The highest BCUT2D eigenvalue weighted by Gasteiger charge is 2.39. The number of thiophene rings is 1. The highest BCUT2D eigenvalue weighted by atomic mass is 32.1. The van der Waals surface area contributed by atoms with Crippen LogP contribution in [0.4, 0.5) is 0 Å². The zero-order valence-corrected chi connectivity index (χ0v) is 13.3. The van der Waals surface area contributed by atoms with E-state index in [0.717, 1.165) is 37.1 Å². The van der Waals surface area contributed by atoms with Crippen molar-refractivity contribution in [3.05, 3.63) is 22.4 Å². The van der Waals surface area contributed by atoms with E-state index in [-0.39, 0.29) is 23.9 Å². The Morgan fingerprint density at radius 2 is 2.14 bits per heavy atom. The number of fused-ring (bicyclic) bond motifs is 1. The first-order chi connectivity index (χ1) is 10.2. The van der Waals surface area contributed by atoms with Crippen LogP contribution in [0.25, 0.3) is 0 Å². The van der Waals surface area contributed by atoms with Crippen molar-refractivity contribution in [2.45, 2.75) is 50.6 Å². The lowest BCUT2D eigenvalue weighted by molar-refractivity contribution is -0.140. The maximum absolute atomic E-state index is 12.6. The Bertz CT molecular complexity index is 514. The minimum Gasteiger partial charge on any atom is -0.341 e. The fourth-order valence-corrected chi connectivity index (χ4v) is 4.33. The Morgan fingerprint density at radius 1 is 1.33 bits per heavy atom. The molecule has 0 saturated carbocycles. The summed E-state index contributed by atoms with van der Waals surface area (Å²) in [5.41, 5.74) is 0. The molecule has 0 spiro atoms. The highest BCUT2D eigenvalue weighted by molar-refractivity contribution is 7.10. The predicted octanol–water partition coefficient (Wildman–Crippen LogP) is 2.29. The molecular formula is C16H22N2O2S. The Hall–Kier alpha value is -1.36. The van der Waals surface area contributed by atoms with Crippen molar-refractivity contribution in [2.24, 2.45) is 0 Å². The molecule has 114 valence electrons. The van der Waals surface area contributed by atoms with Crippen molar-refractivity contribution in [3.8, 4) is 0 Å². The average molecular weight is 306 g/mol. The Balaban J connectivity index is 1.75. The molecule has 3 heterocycles. The smallest absolute Gasteiger partial charge is 0.228 e. The molecule has 0 aliphatic carbocycles. The molecule has 0 bridgehead atoms. The zero-order valence-electron chi connectivity index (χ0n) is 12.5. The SMILES string of the molecule is CN1C(=O)CCC[C@@H]2[C@H]1CCCN2C(=O)Cc1cccs1. The summed E-state index contributed by atoms with van der Waals surface area (Å²) in [6.45, 7) is 0.841. The van der Waals surface area contributed by atoms with Crippen molar-refractivity contribution in [3.63, 3.8) is 0 Å². The normalized spacial score (nSPS) is 26.4. The standard InChI is InChI=1S/C16H22N2O2S/c1-17-13-7-3-9-18(14(13)6-2-8-15(17)19)16(20)11-12-5-4-10-21-12/h4-5,10,13-14H,2-3,6-9,11H2,1H3/t13-,14-/m1/s1. The van der Waals surface area contributed by atoms with E-state index in [0.29, 0.717) is 12.8 Å². The minimum atomic E-state index is 0.209. The number of hydrogen-bond donors (Lipinski definition) is 0. The second-order valence-electron chi connectivity index (χ2n) is 6.02. The summed E-state index contributed by atoms with van der Waals surface area (Å²) in [6.07, 6.45) is 4.99. The highest BCUT2D eigenvalue weighted by Crippen LogP contribution is 2.29. The molecule has 1 aromatic heterocycles. The fraction of sp³-hybridized carbons (Fsp3) is 0.625. The largest absolute Gasteiger partial charge is 0.341 e. The number of rotatable bonds is 2. The van der Waals surface area contributed by atoms with Gasteiger partial charge in [-0.1, -0.05) is 6.07 Å². The molecule has 5 heteroatoms. The molecule has 21 heavy (non-hydrogen) atoms. The Labute approximate surface area is 129 Å². The monoisotopic (exact) mass is 306 g/mol. The number of carbonyl (C=O) groups is 2. The third-order valence-electron chi connectivity index (χ3n) is 4.75. The molecule has 2 amide bonds. The van der Waals surface area contributed by atoms with E-state index in [1.807, 2.05) is 34.4 Å². The second-order valence-corrected chi connectivity index (χ2v) is 7.05. The van der Waals surface area contributed by atoms with Gasteiger partial charge in [0.25, 0.3) is 0 Å². The van der Waals surface area contributed by atoms with Gasteiger partial charge in [0, 0.05) is 24.9 Å². The minimum absolute atomic E-state index is 0.209. The first-order valence-corrected chi connectivity index (χ1v) is 8.62. The van der Waals surface area contributed by atoms with E-state index in [1.54, 1.807) is 11.3 Å². The average Bonchev–Trinajstić information content (AvgIpc) is 2.94. The van der Waals surface area contributed by atoms with Gasteiger partial charge >= 0.3 is 0 Å². The van der Waals surface area contributed by atoms with Gasteiger partial charge in [-0.2, -0.15) is 0 Å². The van der Waals surface area contributed by atoms with Crippen LogP contribution in [0.5, 0.6) is 0 Å². The molecule has 0 aromatic carbocycles. The van der Waals surface area contributed by atoms with Crippen LogP contribution in [0.15, 0.2) is 17.5 Å². The fourth-order valence-electron chi connectivity index (χ4n) is 3.63. The number of carbonyl (C=O) groups excluding carboxylic acids is 2.